The fourth-order valence-electron chi connectivity index (χ4n) is 2.30. The van der Waals surface area contributed by atoms with Crippen molar-refractivity contribution in [3.8, 4) is 11.5 Å². The van der Waals surface area contributed by atoms with E-state index in [1.807, 2.05) is 13.8 Å². The highest BCUT2D eigenvalue weighted by molar-refractivity contribution is 7.91. The third-order valence-corrected chi connectivity index (χ3v) is 5.03. The van der Waals surface area contributed by atoms with E-state index in [4.69, 9.17) is 14.2 Å². The molecule has 2 aromatic carbocycles. The SMILES string of the molecule is CCOc1ccc(COC(=O)c2ccc(S(=O)(=O)C(F)F)cc2)cc1OCC. The molecule has 0 spiro atoms. The second-order valence-corrected chi connectivity index (χ2v) is 7.47. The number of carbonyl (C=O) groups is 1. The lowest BCUT2D eigenvalue weighted by molar-refractivity contribution is 0.0472. The summed E-state index contributed by atoms with van der Waals surface area (Å²) in [6, 6.07) is 9.27. The van der Waals surface area contributed by atoms with Crippen LogP contribution in [-0.4, -0.2) is 33.4 Å². The Morgan fingerprint density at radius 3 is 2.14 bits per heavy atom. The van der Waals surface area contributed by atoms with Crippen LogP contribution in [0.1, 0.15) is 29.8 Å². The minimum Gasteiger partial charge on any atom is -0.490 e. The van der Waals surface area contributed by atoms with Gasteiger partial charge in [0.2, 0.25) is 9.84 Å². The molecule has 0 radical (unpaired) electrons. The van der Waals surface area contributed by atoms with Crippen molar-refractivity contribution in [3.63, 3.8) is 0 Å². The van der Waals surface area contributed by atoms with Crippen molar-refractivity contribution < 1.29 is 36.2 Å². The van der Waals surface area contributed by atoms with Crippen molar-refractivity contribution in [1.82, 2.24) is 0 Å². The Labute approximate surface area is 162 Å². The molecule has 28 heavy (non-hydrogen) atoms. The van der Waals surface area contributed by atoms with Gasteiger partial charge in [-0.2, -0.15) is 8.78 Å². The molecule has 2 rings (SSSR count). The molecular formula is C19H20F2O6S. The van der Waals surface area contributed by atoms with Crippen LogP contribution in [0.25, 0.3) is 0 Å². The molecule has 0 unspecified atom stereocenters. The smallest absolute Gasteiger partial charge is 0.341 e. The van der Waals surface area contributed by atoms with E-state index in [9.17, 15) is 22.0 Å². The van der Waals surface area contributed by atoms with Crippen LogP contribution in [0.2, 0.25) is 0 Å². The van der Waals surface area contributed by atoms with Gasteiger partial charge in [-0.15, -0.1) is 0 Å². The lowest BCUT2D eigenvalue weighted by Crippen LogP contribution is -2.12. The average molecular weight is 414 g/mol. The molecule has 2 aromatic rings. The summed E-state index contributed by atoms with van der Waals surface area (Å²) in [5.41, 5.74) is 0.710. The van der Waals surface area contributed by atoms with Crippen molar-refractivity contribution in [2.45, 2.75) is 31.1 Å². The highest BCUT2D eigenvalue weighted by Gasteiger charge is 2.26. The number of esters is 1. The zero-order valence-corrected chi connectivity index (χ0v) is 16.2. The number of carbonyl (C=O) groups excluding carboxylic acids is 1. The maximum Gasteiger partial charge on any atom is 0.341 e. The average Bonchev–Trinajstić information content (AvgIpc) is 2.68. The van der Waals surface area contributed by atoms with E-state index in [0.717, 1.165) is 24.3 Å². The molecule has 0 atom stereocenters. The van der Waals surface area contributed by atoms with E-state index in [1.54, 1.807) is 18.2 Å². The molecule has 0 saturated heterocycles. The molecule has 0 fully saturated rings. The summed E-state index contributed by atoms with van der Waals surface area (Å²) in [5.74, 6) is -3.13. The summed E-state index contributed by atoms with van der Waals surface area (Å²) >= 11 is 0. The third kappa shape index (κ3) is 5.19. The fourth-order valence-corrected chi connectivity index (χ4v) is 3.02. The molecule has 0 aliphatic rings. The molecule has 0 N–H and O–H groups in total. The summed E-state index contributed by atoms with van der Waals surface area (Å²) in [5, 5.41) is 0. The Morgan fingerprint density at radius 2 is 1.57 bits per heavy atom. The Kier molecular flexibility index (Phi) is 7.33. The standard InChI is InChI=1S/C19H20F2O6S/c1-3-25-16-10-5-13(11-17(16)26-4-2)12-27-18(22)14-6-8-15(9-7-14)28(23,24)19(20)21/h5-11,19H,3-4,12H2,1-2H3. The third-order valence-electron chi connectivity index (χ3n) is 3.63. The minimum atomic E-state index is -4.70. The van der Waals surface area contributed by atoms with Gasteiger partial charge in [-0.1, -0.05) is 6.07 Å². The summed E-state index contributed by atoms with van der Waals surface area (Å²) in [7, 11) is -4.70. The van der Waals surface area contributed by atoms with Crippen LogP contribution in [0, 0.1) is 0 Å². The largest absolute Gasteiger partial charge is 0.490 e. The molecule has 6 nitrogen and oxygen atoms in total. The Hall–Kier alpha value is -2.68. The molecule has 0 bridgehead atoms. The van der Waals surface area contributed by atoms with Gasteiger partial charge < -0.3 is 14.2 Å². The second kappa shape index (κ2) is 9.50. The summed E-state index contributed by atoms with van der Waals surface area (Å²) in [6.45, 7) is 4.55. The van der Waals surface area contributed by atoms with E-state index in [1.165, 1.54) is 0 Å². The number of ether oxygens (including phenoxy) is 3. The van der Waals surface area contributed by atoms with E-state index < -0.39 is 26.5 Å². The van der Waals surface area contributed by atoms with Crippen LogP contribution in [0.5, 0.6) is 11.5 Å². The normalized spacial score (nSPS) is 11.3. The van der Waals surface area contributed by atoms with Crippen molar-refractivity contribution in [2.75, 3.05) is 13.2 Å². The molecular weight excluding hydrogens is 394 g/mol. The monoisotopic (exact) mass is 414 g/mol. The Morgan fingerprint density at radius 1 is 0.964 bits per heavy atom. The van der Waals surface area contributed by atoms with Crippen LogP contribution in [0.3, 0.4) is 0 Å². The molecule has 0 aliphatic carbocycles. The van der Waals surface area contributed by atoms with Gasteiger partial charge in [0, 0.05) is 0 Å². The van der Waals surface area contributed by atoms with E-state index in [0.29, 0.717) is 30.3 Å². The van der Waals surface area contributed by atoms with Crippen molar-refractivity contribution in [2.24, 2.45) is 0 Å². The first kappa shape index (κ1) is 21.6. The highest BCUT2D eigenvalue weighted by Crippen LogP contribution is 2.29. The van der Waals surface area contributed by atoms with Gasteiger partial charge >= 0.3 is 11.7 Å². The van der Waals surface area contributed by atoms with Gasteiger partial charge in [0.1, 0.15) is 6.61 Å². The number of halogens is 2. The number of alkyl halides is 2. The first-order valence-electron chi connectivity index (χ1n) is 8.47. The van der Waals surface area contributed by atoms with Gasteiger partial charge in [-0.3, -0.25) is 0 Å². The number of sulfone groups is 1. The van der Waals surface area contributed by atoms with Crippen LogP contribution in [-0.2, 0) is 21.2 Å². The lowest BCUT2D eigenvalue weighted by Gasteiger charge is -2.12. The van der Waals surface area contributed by atoms with Crippen molar-refractivity contribution in [1.29, 1.82) is 0 Å². The molecule has 0 aromatic heterocycles. The highest BCUT2D eigenvalue weighted by atomic mass is 32.2. The minimum absolute atomic E-state index is 0.0455. The second-order valence-electron chi connectivity index (χ2n) is 5.55. The number of hydrogen-bond donors (Lipinski definition) is 0. The van der Waals surface area contributed by atoms with Gasteiger partial charge in [0.15, 0.2) is 11.5 Å². The van der Waals surface area contributed by atoms with Crippen LogP contribution in [0.15, 0.2) is 47.4 Å². The van der Waals surface area contributed by atoms with Gasteiger partial charge in [-0.05, 0) is 55.8 Å². The number of rotatable bonds is 9. The maximum absolute atomic E-state index is 12.5. The zero-order valence-electron chi connectivity index (χ0n) is 15.4. The summed E-state index contributed by atoms with van der Waals surface area (Å²) in [4.78, 5) is 11.6. The molecule has 0 amide bonds. The molecule has 152 valence electrons. The maximum atomic E-state index is 12.5. The number of hydrogen-bond acceptors (Lipinski definition) is 6. The predicted molar refractivity (Wildman–Crippen MR) is 97.5 cm³/mol. The Balaban J connectivity index is 2.07. The van der Waals surface area contributed by atoms with Crippen molar-refractivity contribution in [3.05, 3.63) is 53.6 Å². The quantitative estimate of drug-likeness (QED) is 0.580. The fraction of sp³-hybridized carbons (Fsp3) is 0.316. The van der Waals surface area contributed by atoms with E-state index >= 15 is 0 Å². The Bertz CT molecular complexity index is 911. The topological polar surface area (TPSA) is 78.9 Å². The first-order chi connectivity index (χ1) is 13.3. The van der Waals surface area contributed by atoms with Crippen LogP contribution >= 0.6 is 0 Å². The van der Waals surface area contributed by atoms with Crippen LogP contribution < -0.4 is 9.47 Å². The van der Waals surface area contributed by atoms with Gasteiger partial charge in [0.25, 0.3) is 0 Å². The zero-order chi connectivity index (χ0) is 20.7. The molecule has 9 heteroatoms. The van der Waals surface area contributed by atoms with E-state index in [2.05, 4.69) is 0 Å². The first-order valence-corrected chi connectivity index (χ1v) is 10.0. The predicted octanol–water partition coefficient (Wildman–Crippen LogP) is 3.84. The summed E-state index contributed by atoms with van der Waals surface area (Å²) in [6.07, 6.45) is 0. The van der Waals surface area contributed by atoms with Gasteiger partial charge in [0.05, 0.1) is 23.7 Å². The molecule has 0 heterocycles. The van der Waals surface area contributed by atoms with E-state index in [-0.39, 0.29) is 12.2 Å². The summed E-state index contributed by atoms with van der Waals surface area (Å²) < 4.78 is 64.0. The number of benzene rings is 2. The molecule has 0 saturated carbocycles. The lowest BCUT2D eigenvalue weighted by atomic mass is 10.2. The van der Waals surface area contributed by atoms with Gasteiger partial charge in [-0.25, -0.2) is 13.2 Å². The van der Waals surface area contributed by atoms with Crippen molar-refractivity contribution >= 4 is 15.8 Å². The molecule has 0 aliphatic heterocycles. The van der Waals surface area contributed by atoms with Crippen LogP contribution in [0.4, 0.5) is 8.78 Å².